The van der Waals surface area contributed by atoms with Crippen LogP contribution in [0.5, 0.6) is 0 Å². The standard InChI is InChI=1S/C12H26N2/c1-2-3-7-12(13)10-14-9-8-11-5-4-6-11/h11-12,14H,2-10,13H2,1H3. The predicted octanol–water partition coefficient (Wildman–Crippen LogP) is 2.28. The van der Waals surface area contributed by atoms with Crippen molar-refractivity contribution in [1.29, 1.82) is 0 Å². The Morgan fingerprint density at radius 3 is 2.79 bits per heavy atom. The lowest BCUT2D eigenvalue weighted by atomic mass is 9.83. The molecule has 1 unspecified atom stereocenters. The summed E-state index contributed by atoms with van der Waals surface area (Å²) in [6.45, 7) is 4.40. The summed E-state index contributed by atoms with van der Waals surface area (Å²) >= 11 is 0. The van der Waals surface area contributed by atoms with Gasteiger partial charge in [-0.2, -0.15) is 0 Å². The van der Waals surface area contributed by atoms with E-state index in [1.807, 2.05) is 0 Å². The number of hydrogen-bond donors (Lipinski definition) is 2. The molecule has 84 valence electrons. The molecule has 0 aromatic heterocycles. The van der Waals surface area contributed by atoms with Gasteiger partial charge in [0.2, 0.25) is 0 Å². The average Bonchev–Trinajstić information content (AvgIpc) is 2.11. The molecule has 1 atom stereocenters. The minimum Gasteiger partial charge on any atom is -0.327 e. The smallest absolute Gasteiger partial charge is 0.0165 e. The lowest BCUT2D eigenvalue weighted by molar-refractivity contribution is 0.291. The third kappa shape index (κ3) is 4.97. The topological polar surface area (TPSA) is 38.0 Å². The maximum Gasteiger partial charge on any atom is 0.0165 e. The normalized spacial score (nSPS) is 19.3. The van der Waals surface area contributed by atoms with Crippen LogP contribution >= 0.6 is 0 Å². The highest BCUT2D eigenvalue weighted by Gasteiger charge is 2.16. The van der Waals surface area contributed by atoms with Crippen molar-refractivity contribution in [3.63, 3.8) is 0 Å². The molecule has 1 saturated carbocycles. The largest absolute Gasteiger partial charge is 0.327 e. The van der Waals surface area contributed by atoms with Crippen molar-refractivity contribution in [2.75, 3.05) is 13.1 Å². The Kier molecular flexibility index (Phi) is 6.20. The van der Waals surface area contributed by atoms with E-state index in [1.54, 1.807) is 0 Å². The molecule has 0 radical (unpaired) electrons. The Morgan fingerprint density at radius 1 is 1.43 bits per heavy atom. The molecular formula is C12H26N2. The van der Waals surface area contributed by atoms with Crippen LogP contribution in [-0.4, -0.2) is 19.1 Å². The fourth-order valence-electron chi connectivity index (χ4n) is 1.94. The van der Waals surface area contributed by atoms with Gasteiger partial charge in [-0.15, -0.1) is 0 Å². The van der Waals surface area contributed by atoms with E-state index in [1.165, 1.54) is 51.5 Å². The molecule has 0 aliphatic heterocycles. The second-order valence-corrected chi connectivity index (χ2v) is 4.69. The quantitative estimate of drug-likeness (QED) is 0.587. The van der Waals surface area contributed by atoms with E-state index in [9.17, 15) is 0 Å². The van der Waals surface area contributed by atoms with Crippen molar-refractivity contribution in [3.05, 3.63) is 0 Å². The number of nitrogens with two attached hydrogens (primary N) is 1. The summed E-state index contributed by atoms with van der Waals surface area (Å²) in [5.74, 6) is 1.02. The van der Waals surface area contributed by atoms with Crippen LogP contribution in [0, 0.1) is 5.92 Å². The van der Waals surface area contributed by atoms with E-state index in [0.717, 1.165) is 12.5 Å². The number of rotatable bonds is 8. The van der Waals surface area contributed by atoms with E-state index in [2.05, 4.69) is 12.2 Å². The van der Waals surface area contributed by atoms with Crippen molar-refractivity contribution < 1.29 is 0 Å². The highest BCUT2D eigenvalue weighted by molar-refractivity contribution is 4.71. The van der Waals surface area contributed by atoms with Crippen molar-refractivity contribution in [3.8, 4) is 0 Å². The summed E-state index contributed by atoms with van der Waals surface area (Å²) in [4.78, 5) is 0. The zero-order chi connectivity index (χ0) is 10.2. The van der Waals surface area contributed by atoms with Crippen LogP contribution in [0.3, 0.4) is 0 Å². The third-order valence-electron chi connectivity index (χ3n) is 3.29. The van der Waals surface area contributed by atoms with E-state index in [4.69, 9.17) is 5.73 Å². The van der Waals surface area contributed by atoms with E-state index in [-0.39, 0.29) is 0 Å². The molecular weight excluding hydrogens is 172 g/mol. The summed E-state index contributed by atoms with van der Waals surface area (Å²) in [5, 5.41) is 3.47. The number of unbranched alkanes of at least 4 members (excludes halogenated alkanes) is 1. The lowest BCUT2D eigenvalue weighted by Gasteiger charge is -2.25. The van der Waals surface area contributed by atoms with Crippen LogP contribution in [0.25, 0.3) is 0 Å². The van der Waals surface area contributed by atoms with Gasteiger partial charge >= 0.3 is 0 Å². The van der Waals surface area contributed by atoms with Gasteiger partial charge < -0.3 is 11.1 Å². The molecule has 1 aliphatic rings. The summed E-state index contributed by atoms with van der Waals surface area (Å²) in [7, 11) is 0. The Morgan fingerprint density at radius 2 is 2.21 bits per heavy atom. The predicted molar refractivity (Wildman–Crippen MR) is 62.3 cm³/mol. The molecule has 0 bridgehead atoms. The molecule has 3 N–H and O–H groups in total. The van der Waals surface area contributed by atoms with Crippen molar-refractivity contribution >= 4 is 0 Å². The number of nitrogens with one attached hydrogen (secondary N) is 1. The average molecular weight is 198 g/mol. The maximum atomic E-state index is 5.96. The Bertz CT molecular complexity index is 132. The van der Waals surface area contributed by atoms with Gasteiger partial charge in [-0.3, -0.25) is 0 Å². The molecule has 0 amide bonds. The molecule has 0 spiro atoms. The van der Waals surface area contributed by atoms with Gasteiger partial charge in [0.05, 0.1) is 0 Å². The first-order valence-electron chi connectivity index (χ1n) is 6.29. The van der Waals surface area contributed by atoms with E-state index in [0.29, 0.717) is 6.04 Å². The van der Waals surface area contributed by atoms with Gasteiger partial charge in [-0.25, -0.2) is 0 Å². The van der Waals surface area contributed by atoms with Crippen LogP contribution in [0.15, 0.2) is 0 Å². The van der Waals surface area contributed by atoms with Crippen molar-refractivity contribution in [2.45, 2.75) is 57.9 Å². The summed E-state index contributed by atoms with van der Waals surface area (Å²) < 4.78 is 0. The summed E-state index contributed by atoms with van der Waals surface area (Å²) in [6, 6.07) is 0.372. The molecule has 2 nitrogen and oxygen atoms in total. The van der Waals surface area contributed by atoms with Gasteiger partial charge in [0.15, 0.2) is 0 Å². The lowest BCUT2D eigenvalue weighted by Crippen LogP contribution is -2.35. The summed E-state index contributed by atoms with van der Waals surface area (Å²) in [6.07, 6.45) is 9.45. The fourth-order valence-corrected chi connectivity index (χ4v) is 1.94. The zero-order valence-corrected chi connectivity index (χ0v) is 9.60. The van der Waals surface area contributed by atoms with E-state index >= 15 is 0 Å². The Hall–Kier alpha value is -0.0800. The minimum absolute atomic E-state index is 0.372. The third-order valence-corrected chi connectivity index (χ3v) is 3.29. The van der Waals surface area contributed by atoms with Gasteiger partial charge in [0.1, 0.15) is 0 Å². The second-order valence-electron chi connectivity index (χ2n) is 4.69. The molecule has 0 aromatic carbocycles. The van der Waals surface area contributed by atoms with Crippen LogP contribution in [0.4, 0.5) is 0 Å². The van der Waals surface area contributed by atoms with Crippen LogP contribution in [0.2, 0.25) is 0 Å². The van der Waals surface area contributed by atoms with Crippen LogP contribution < -0.4 is 11.1 Å². The molecule has 1 fully saturated rings. The molecule has 0 aromatic rings. The highest BCUT2D eigenvalue weighted by atomic mass is 14.9. The van der Waals surface area contributed by atoms with Crippen molar-refractivity contribution in [1.82, 2.24) is 5.32 Å². The monoisotopic (exact) mass is 198 g/mol. The maximum absolute atomic E-state index is 5.96. The van der Waals surface area contributed by atoms with Gasteiger partial charge in [-0.05, 0) is 25.3 Å². The first-order chi connectivity index (χ1) is 6.83. The van der Waals surface area contributed by atoms with Gasteiger partial charge in [-0.1, -0.05) is 39.0 Å². The molecule has 14 heavy (non-hydrogen) atoms. The molecule has 1 aliphatic carbocycles. The fraction of sp³-hybridized carbons (Fsp3) is 1.00. The van der Waals surface area contributed by atoms with Crippen molar-refractivity contribution in [2.24, 2.45) is 11.7 Å². The number of hydrogen-bond acceptors (Lipinski definition) is 2. The molecule has 1 rings (SSSR count). The van der Waals surface area contributed by atoms with Gasteiger partial charge in [0.25, 0.3) is 0 Å². The highest BCUT2D eigenvalue weighted by Crippen LogP contribution is 2.28. The van der Waals surface area contributed by atoms with Crippen LogP contribution in [-0.2, 0) is 0 Å². The van der Waals surface area contributed by atoms with Gasteiger partial charge in [0, 0.05) is 12.6 Å². The Labute approximate surface area is 88.6 Å². The van der Waals surface area contributed by atoms with Crippen LogP contribution in [0.1, 0.15) is 51.9 Å². The zero-order valence-electron chi connectivity index (χ0n) is 9.60. The summed E-state index contributed by atoms with van der Waals surface area (Å²) in [5.41, 5.74) is 5.96. The Balaban J connectivity index is 1.81. The second kappa shape index (κ2) is 7.24. The minimum atomic E-state index is 0.372. The first kappa shape index (κ1) is 12.0. The SMILES string of the molecule is CCCCC(N)CNCCC1CCC1. The molecule has 0 heterocycles. The molecule has 2 heteroatoms. The van der Waals surface area contributed by atoms with E-state index < -0.39 is 0 Å². The molecule has 0 saturated heterocycles. The first-order valence-corrected chi connectivity index (χ1v) is 6.29.